The van der Waals surface area contributed by atoms with Crippen LogP contribution in [0.2, 0.25) is 0 Å². The summed E-state index contributed by atoms with van der Waals surface area (Å²) in [6.45, 7) is 0. The minimum absolute atomic E-state index is 0.105. The maximum absolute atomic E-state index is 13.7. The van der Waals surface area contributed by atoms with Crippen molar-refractivity contribution in [2.75, 3.05) is 11.1 Å². The summed E-state index contributed by atoms with van der Waals surface area (Å²) in [5.74, 6) is -0.966. The third-order valence-corrected chi connectivity index (χ3v) is 4.52. The highest BCUT2D eigenvalue weighted by molar-refractivity contribution is 9.10. The number of nitrogen functional groups attached to an aromatic ring is 1. The predicted octanol–water partition coefficient (Wildman–Crippen LogP) is 4.03. The minimum Gasteiger partial charge on any atom is -0.396 e. The van der Waals surface area contributed by atoms with Crippen molar-refractivity contribution in [1.29, 1.82) is 0 Å². The Balaban J connectivity index is 1.95. The van der Waals surface area contributed by atoms with E-state index in [1.807, 2.05) is 6.07 Å². The van der Waals surface area contributed by atoms with Crippen LogP contribution in [0.25, 0.3) is 10.2 Å². The second-order valence-corrected chi connectivity index (χ2v) is 6.24. The van der Waals surface area contributed by atoms with Gasteiger partial charge in [-0.1, -0.05) is 15.9 Å². The number of amides is 1. The lowest BCUT2D eigenvalue weighted by Gasteiger charge is -2.05. The number of rotatable bonds is 2. The van der Waals surface area contributed by atoms with E-state index in [0.29, 0.717) is 20.6 Å². The van der Waals surface area contributed by atoms with Crippen LogP contribution in [-0.2, 0) is 0 Å². The Morgan fingerprint density at radius 3 is 2.90 bits per heavy atom. The van der Waals surface area contributed by atoms with E-state index in [0.717, 1.165) is 4.70 Å². The Hall–Kier alpha value is -1.99. The molecule has 2 heterocycles. The molecule has 0 bridgehead atoms. The summed E-state index contributed by atoms with van der Waals surface area (Å²) in [5, 5.41) is 2.52. The molecule has 1 amide bonds. The maximum Gasteiger partial charge on any atom is 0.268 e. The van der Waals surface area contributed by atoms with E-state index in [4.69, 9.17) is 5.73 Å². The lowest BCUT2D eigenvalue weighted by atomic mass is 10.2. The molecule has 3 aromatic rings. The van der Waals surface area contributed by atoms with Crippen molar-refractivity contribution in [3.8, 4) is 0 Å². The van der Waals surface area contributed by atoms with Crippen LogP contribution in [0.15, 0.2) is 41.0 Å². The molecule has 2 aromatic heterocycles. The number of nitrogens with two attached hydrogens (primary N) is 1. The van der Waals surface area contributed by atoms with Gasteiger partial charge in [0.25, 0.3) is 5.91 Å². The first-order valence-corrected chi connectivity index (χ1v) is 7.56. The number of carbonyl (C=O) groups excluding carboxylic acids is 1. The van der Waals surface area contributed by atoms with Gasteiger partial charge in [0, 0.05) is 10.7 Å². The van der Waals surface area contributed by atoms with Gasteiger partial charge < -0.3 is 11.1 Å². The third-order valence-electron chi connectivity index (χ3n) is 2.87. The molecule has 0 aliphatic carbocycles. The number of anilines is 2. The van der Waals surface area contributed by atoms with Crippen LogP contribution in [-0.4, -0.2) is 10.9 Å². The van der Waals surface area contributed by atoms with Crippen LogP contribution in [0.4, 0.5) is 15.8 Å². The molecule has 1 aromatic carbocycles. The first-order valence-electron chi connectivity index (χ1n) is 5.95. The van der Waals surface area contributed by atoms with Gasteiger partial charge in [-0.05, 0) is 30.3 Å². The molecular formula is C14H9BrFN3OS. The fraction of sp³-hybridized carbons (Fsp3) is 0. The van der Waals surface area contributed by atoms with Gasteiger partial charge in [0.1, 0.15) is 16.2 Å². The summed E-state index contributed by atoms with van der Waals surface area (Å²) < 4.78 is 15.2. The van der Waals surface area contributed by atoms with Crippen LogP contribution < -0.4 is 11.1 Å². The van der Waals surface area contributed by atoms with Crippen LogP contribution in [0.3, 0.4) is 0 Å². The first-order chi connectivity index (χ1) is 10.1. The summed E-state index contributed by atoms with van der Waals surface area (Å²) in [6.07, 6.45) is 1.61. The smallest absolute Gasteiger partial charge is 0.268 e. The van der Waals surface area contributed by atoms with Gasteiger partial charge in [-0.3, -0.25) is 9.78 Å². The molecule has 7 heteroatoms. The number of fused-ring (bicyclic) bond motifs is 1. The van der Waals surface area contributed by atoms with Crippen molar-refractivity contribution in [3.05, 3.63) is 51.7 Å². The highest BCUT2D eigenvalue weighted by Crippen LogP contribution is 2.32. The summed E-state index contributed by atoms with van der Waals surface area (Å²) in [4.78, 5) is 16.7. The SMILES string of the molecule is Nc1c(C(=O)Nc2ccc(Br)cc2F)sc2cccnc12. The van der Waals surface area contributed by atoms with Gasteiger partial charge in [-0.25, -0.2) is 4.39 Å². The molecule has 4 nitrogen and oxygen atoms in total. The molecule has 0 saturated carbocycles. The summed E-state index contributed by atoms with van der Waals surface area (Å²) in [7, 11) is 0. The molecule has 0 unspecified atom stereocenters. The van der Waals surface area contributed by atoms with Crippen molar-refractivity contribution in [3.63, 3.8) is 0 Å². The molecule has 0 aliphatic heterocycles. The summed E-state index contributed by atoms with van der Waals surface area (Å²) in [6, 6.07) is 8.02. The predicted molar refractivity (Wildman–Crippen MR) is 86.1 cm³/mol. The average Bonchev–Trinajstić information content (AvgIpc) is 2.80. The van der Waals surface area contributed by atoms with E-state index in [9.17, 15) is 9.18 Å². The number of nitrogens with one attached hydrogen (secondary N) is 1. The van der Waals surface area contributed by atoms with Crippen molar-refractivity contribution < 1.29 is 9.18 Å². The number of thiophene rings is 1. The number of halogens is 2. The van der Waals surface area contributed by atoms with Gasteiger partial charge in [-0.15, -0.1) is 11.3 Å². The first kappa shape index (κ1) is 14.0. The molecule has 0 spiro atoms. The molecule has 3 N–H and O–H groups in total. The number of hydrogen-bond donors (Lipinski definition) is 2. The zero-order valence-electron chi connectivity index (χ0n) is 10.6. The maximum atomic E-state index is 13.7. The average molecular weight is 366 g/mol. The normalized spacial score (nSPS) is 10.8. The summed E-state index contributed by atoms with van der Waals surface area (Å²) in [5.41, 5.74) is 6.94. The van der Waals surface area contributed by atoms with E-state index in [1.165, 1.54) is 23.5 Å². The van der Waals surface area contributed by atoms with E-state index < -0.39 is 11.7 Å². The van der Waals surface area contributed by atoms with Crippen LogP contribution in [0.5, 0.6) is 0 Å². The van der Waals surface area contributed by atoms with Crippen molar-refractivity contribution >= 4 is 54.8 Å². The zero-order valence-corrected chi connectivity index (χ0v) is 13.0. The van der Waals surface area contributed by atoms with Crippen LogP contribution in [0, 0.1) is 5.82 Å². The quantitative estimate of drug-likeness (QED) is 0.720. The monoisotopic (exact) mass is 365 g/mol. The number of nitrogens with zero attached hydrogens (tertiary/aromatic N) is 1. The Morgan fingerprint density at radius 2 is 2.19 bits per heavy atom. The standard InChI is InChI=1S/C14H9BrFN3OS/c15-7-3-4-9(8(16)6-7)19-14(20)13-11(17)12-10(21-13)2-1-5-18-12/h1-6H,17H2,(H,19,20). The lowest BCUT2D eigenvalue weighted by Crippen LogP contribution is -2.13. The minimum atomic E-state index is -0.518. The highest BCUT2D eigenvalue weighted by atomic mass is 79.9. The van der Waals surface area contributed by atoms with Crippen LogP contribution >= 0.6 is 27.3 Å². The fourth-order valence-corrected chi connectivity index (χ4v) is 3.20. The van der Waals surface area contributed by atoms with Crippen molar-refractivity contribution in [1.82, 2.24) is 4.98 Å². The third kappa shape index (κ3) is 2.62. The van der Waals surface area contributed by atoms with E-state index in [-0.39, 0.29) is 5.69 Å². The van der Waals surface area contributed by atoms with Gasteiger partial charge in [0.15, 0.2) is 0 Å². The zero-order chi connectivity index (χ0) is 15.0. The second-order valence-electron chi connectivity index (χ2n) is 4.27. The number of benzene rings is 1. The van der Waals surface area contributed by atoms with Gasteiger partial charge >= 0.3 is 0 Å². The van der Waals surface area contributed by atoms with Gasteiger partial charge in [0.05, 0.1) is 16.1 Å². The molecule has 0 radical (unpaired) electrons. The van der Waals surface area contributed by atoms with Gasteiger partial charge in [0.2, 0.25) is 0 Å². The van der Waals surface area contributed by atoms with E-state index in [1.54, 1.807) is 18.3 Å². The van der Waals surface area contributed by atoms with Crippen molar-refractivity contribution in [2.24, 2.45) is 0 Å². The Morgan fingerprint density at radius 1 is 1.38 bits per heavy atom. The Bertz CT molecular complexity index is 849. The topological polar surface area (TPSA) is 68.0 Å². The number of carbonyl (C=O) groups is 1. The molecule has 0 aliphatic rings. The molecule has 0 fully saturated rings. The number of aromatic nitrogens is 1. The molecule has 3 rings (SSSR count). The van der Waals surface area contributed by atoms with E-state index >= 15 is 0 Å². The highest BCUT2D eigenvalue weighted by Gasteiger charge is 2.18. The molecule has 0 atom stereocenters. The van der Waals surface area contributed by atoms with E-state index in [2.05, 4.69) is 26.2 Å². The summed E-state index contributed by atoms with van der Waals surface area (Å²) >= 11 is 4.39. The lowest BCUT2D eigenvalue weighted by molar-refractivity contribution is 0.103. The molecule has 21 heavy (non-hydrogen) atoms. The Labute approximate surface area is 131 Å². The largest absolute Gasteiger partial charge is 0.396 e. The van der Waals surface area contributed by atoms with Gasteiger partial charge in [-0.2, -0.15) is 0 Å². The number of pyridine rings is 1. The molecule has 0 saturated heterocycles. The number of hydrogen-bond acceptors (Lipinski definition) is 4. The second kappa shape index (κ2) is 5.42. The van der Waals surface area contributed by atoms with Crippen LogP contribution in [0.1, 0.15) is 9.67 Å². The van der Waals surface area contributed by atoms with Crippen molar-refractivity contribution in [2.45, 2.75) is 0 Å². The fourth-order valence-electron chi connectivity index (χ4n) is 1.89. The molecule has 106 valence electrons. The molecular weight excluding hydrogens is 357 g/mol. The Kier molecular flexibility index (Phi) is 3.60.